The third-order valence-corrected chi connectivity index (χ3v) is 2.97. The second kappa shape index (κ2) is 4.76. The molecule has 7 nitrogen and oxygen atoms in total. The molecule has 0 aliphatic heterocycles. The molecule has 2 aromatic heterocycles. The van der Waals surface area contributed by atoms with Gasteiger partial charge in [0.2, 0.25) is 0 Å². The Kier molecular flexibility index (Phi) is 2.94. The summed E-state index contributed by atoms with van der Waals surface area (Å²) in [5.41, 5.74) is 8.14. The van der Waals surface area contributed by atoms with Crippen molar-refractivity contribution in [1.29, 1.82) is 0 Å². The summed E-state index contributed by atoms with van der Waals surface area (Å²) in [6.07, 6.45) is 1.88. The van der Waals surface area contributed by atoms with Gasteiger partial charge in [-0.1, -0.05) is 5.21 Å². The largest absolute Gasteiger partial charge is 0.399 e. The molecule has 0 bridgehead atoms. The molecule has 0 saturated heterocycles. The Labute approximate surface area is 116 Å². The van der Waals surface area contributed by atoms with E-state index in [0.29, 0.717) is 6.54 Å². The van der Waals surface area contributed by atoms with Gasteiger partial charge in [-0.2, -0.15) is 5.10 Å². The zero-order chi connectivity index (χ0) is 14.1. The van der Waals surface area contributed by atoms with Gasteiger partial charge in [0.15, 0.2) is 0 Å². The molecule has 2 heterocycles. The van der Waals surface area contributed by atoms with Crippen molar-refractivity contribution in [1.82, 2.24) is 29.8 Å². The van der Waals surface area contributed by atoms with Crippen molar-refractivity contribution in [3.63, 3.8) is 0 Å². The van der Waals surface area contributed by atoms with Crippen LogP contribution in [0.15, 0.2) is 30.5 Å². The molecule has 0 fully saturated rings. The third kappa shape index (κ3) is 2.37. The predicted molar refractivity (Wildman–Crippen MR) is 74.4 cm³/mol. The summed E-state index contributed by atoms with van der Waals surface area (Å²) in [5.74, 6) is 1.62. The molecular formula is C13H15N7. The number of nitrogens with two attached hydrogens (primary N) is 1. The van der Waals surface area contributed by atoms with Crippen molar-refractivity contribution in [3.8, 4) is 5.69 Å². The highest BCUT2D eigenvalue weighted by Crippen LogP contribution is 2.10. The van der Waals surface area contributed by atoms with Gasteiger partial charge in [-0.15, -0.1) is 5.10 Å². The minimum absolute atomic E-state index is 0.557. The number of aromatic nitrogens is 6. The predicted octanol–water partition coefficient (Wildman–Crippen LogP) is 1.11. The van der Waals surface area contributed by atoms with Crippen molar-refractivity contribution in [3.05, 3.63) is 47.8 Å². The summed E-state index contributed by atoms with van der Waals surface area (Å²) in [6, 6.07) is 7.47. The van der Waals surface area contributed by atoms with Crippen LogP contribution in [0.25, 0.3) is 5.69 Å². The van der Waals surface area contributed by atoms with E-state index >= 15 is 0 Å². The molecule has 0 aliphatic carbocycles. The maximum absolute atomic E-state index is 5.67. The summed E-state index contributed by atoms with van der Waals surface area (Å²) in [4.78, 5) is 4.26. The minimum Gasteiger partial charge on any atom is -0.399 e. The minimum atomic E-state index is 0.557. The number of benzene rings is 1. The fourth-order valence-electron chi connectivity index (χ4n) is 1.99. The highest BCUT2D eigenvalue weighted by molar-refractivity contribution is 5.44. The molecule has 0 aliphatic rings. The van der Waals surface area contributed by atoms with E-state index in [4.69, 9.17) is 5.73 Å². The molecular weight excluding hydrogens is 254 g/mol. The Hall–Kier alpha value is -2.70. The van der Waals surface area contributed by atoms with E-state index in [1.165, 1.54) is 0 Å². The van der Waals surface area contributed by atoms with E-state index in [0.717, 1.165) is 28.7 Å². The lowest BCUT2D eigenvalue weighted by atomic mass is 10.3. The molecule has 7 heteroatoms. The summed E-state index contributed by atoms with van der Waals surface area (Å²) in [5, 5.41) is 12.6. The maximum atomic E-state index is 5.67. The third-order valence-electron chi connectivity index (χ3n) is 2.97. The summed E-state index contributed by atoms with van der Waals surface area (Å²) >= 11 is 0. The van der Waals surface area contributed by atoms with Gasteiger partial charge in [-0.25, -0.2) is 14.3 Å². The average molecular weight is 269 g/mol. The Morgan fingerprint density at radius 2 is 1.90 bits per heavy atom. The molecule has 3 rings (SSSR count). The fourth-order valence-corrected chi connectivity index (χ4v) is 1.99. The van der Waals surface area contributed by atoms with E-state index < -0.39 is 0 Å². The molecule has 0 spiro atoms. The fraction of sp³-hybridized carbons (Fsp3) is 0.231. The number of hydrogen-bond acceptors (Lipinski definition) is 5. The van der Waals surface area contributed by atoms with Crippen LogP contribution in [-0.2, 0) is 6.54 Å². The van der Waals surface area contributed by atoms with Crippen LogP contribution in [0.1, 0.15) is 17.3 Å². The van der Waals surface area contributed by atoms with Crippen LogP contribution < -0.4 is 5.73 Å². The standard InChI is InChI=1S/C13H15N7/c1-9-15-10(2)19(17-9)7-12-8-20(18-16-12)13-5-3-11(14)4-6-13/h3-6,8H,7,14H2,1-2H3. The van der Waals surface area contributed by atoms with E-state index in [9.17, 15) is 0 Å². The highest BCUT2D eigenvalue weighted by atomic mass is 15.4. The zero-order valence-electron chi connectivity index (χ0n) is 11.4. The molecule has 2 N–H and O–H groups in total. The smallest absolute Gasteiger partial charge is 0.147 e. The van der Waals surface area contributed by atoms with Crippen LogP contribution in [0.5, 0.6) is 0 Å². The van der Waals surface area contributed by atoms with Gasteiger partial charge in [0.25, 0.3) is 0 Å². The molecule has 3 aromatic rings. The summed E-state index contributed by atoms with van der Waals surface area (Å²) in [7, 11) is 0. The van der Waals surface area contributed by atoms with Crippen LogP contribution in [0, 0.1) is 13.8 Å². The van der Waals surface area contributed by atoms with Gasteiger partial charge in [-0.3, -0.25) is 0 Å². The first-order valence-corrected chi connectivity index (χ1v) is 6.27. The molecule has 0 amide bonds. The number of aryl methyl sites for hydroxylation is 2. The quantitative estimate of drug-likeness (QED) is 0.719. The van der Waals surface area contributed by atoms with Crippen LogP contribution >= 0.6 is 0 Å². The van der Waals surface area contributed by atoms with Gasteiger partial charge in [0.1, 0.15) is 17.3 Å². The molecule has 0 saturated carbocycles. The average Bonchev–Trinajstić information content (AvgIpc) is 2.98. The first kappa shape index (κ1) is 12.3. The van der Waals surface area contributed by atoms with E-state index in [-0.39, 0.29) is 0 Å². The van der Waals surface area contributed by atoms with Crippen LogP contribution in [0.3, 0.4) is 0 Å². The van der Waals surface area contributed by atoms with Crippen molar-refractivity contribution in [2.75, 3.05) is 5.73 Å². The van der Waals surface area contributed by atoms with Gasteiger partial charge < -0.3 is 5.73 Å². The van der Waals surface area contributed by atoms with Gasteiger partial charge in [0, 0.05) is 5.69 Å². The van der Waals surface area contributed by atoms with Crippen molar-refractivity contribution in [2.24, 2.45) is 0 Å². The maximum Gasteiger partial charge on any atom is 0.147 e. The first-order chi connectivity index (χ1) is 9.61. The molecule has 20 heavy (non-hydrogen) atoms. The molecule has 0 atom stereocenters. The Morgan fingerprint density at radius 3 is 2.55 bits per heavy atom. The lowest BCUT2D eigenvalue weighted by Crippen LogP contribution is -2.04. The molecule has 102 valence electrons. The van der Waals surface area contributed by atoms with E-state index in [1.807, 2.05) is 49.0 Å². The number of hydrogen-bond donors (Lipinski definition) is 1. The molecule has 1 aromatic carbocycles. The lowest BCUT2D eigenvalue weighted by molar-refractivity contribution is 0.642. The summed E-state index contributed by atoms with van der Waals surface area (Å²) < 4.78 is 3.53. The number of rotatable bonds is 3. The van der Waals surface area contributed by atoms with E-state index in [2.05, 4.69) is 20.4 Å². The van der Waals surface area contributed by atoms with Gasteiger partial charge in [-0.05, 0) is 38.1 Å². The second-order valence-corrected chi connectivity index (χ2v) is 4.61. The van der Waals surface area contributed by atoms with Crippen molar-refractivity contribution in [2.45, 2.75) is 20.4 Å². The molecule has 0 unspecified atom stereocenters. The monoisotopic (exact) mass is 269 g/mol. The van der Waals surface area contributed by atoms with E-state index in [1.54, 1.807) is 4.68 Å². The van der Waals surface area contributed by atoms with Crippen LogP contribution in [0.4, 0.5) is 5.69 Å². The first-order valence-electron chi connectivity index (χ1n) is 6.27. The normalized spacial score (nSPS) is 10.9. The van der Waals surface area contributed by atoms with Crippen LogP contribution in [0.2, 0.25) is 0 Å². The topological polar surface area (TPSA) is 87.4 Å². The van der Waals surface area contributed by atoms with Gasteiger partial charge >= 0.3 is 0 Å². The highest BCUT2D eigenvalue weighted by Gasteiger charge is 2.07. The Bertz CT molecular complexity index is 724. The van der Waals surface area contributed by atoms with Gasteiger partial charge in [0.05, 0.1) is 18.4 Å². The Morgan fingerprint density at radius 1 is 1.15 bits per heavy atom. The SMILES string of the molecule is Cc1nc(C)n(Cc2cn(-c3ccc(N)cc3)nn2)n1. The zero-order valence-corrected chi connectivity index (χ0v) is 11.4. The number of nitrogen functional groups attached to an aromatic ring is 1. The lowest BCUT2D eigenvalue weighted by Gasteiger charge is -2.00. The van der Waals surface area contributed by atoms with Crippen LogP contribution in [-0.4, -0.2) is 29.8 Å². The second-order valence-electron chi connectivity index (χ2n) is 4.61. The molecule has 0 radical (unpaired) electrons. The summed E-state index contributed by atoms with van der Waals surface area (Å²) in [6.45, 7) is 4.35. The Balaban J connectivity index is 1.83. The van der Waals surface area contributed by atoms with Crippen molar-refractivity contribution < 1.29 is 0 Å². The van der Waals surface area contributed by atoms with Crippen molar-refractivity contribution >= 4 is 5.69 Å². The number of anilines is 1. The number of nitrogens with zero attached hydrogens (tertiary/aromatic N) is 6.